The van der Waals surface area contributed by atoms with Gasteiger partial charge in [0.05, 0.1) is 36.6 Å². The number of methoxy groups -OCH3 is 1. The smallest absolute Gasteiger partial charge is 0.235 e. The third-order valence-corrected chi connectivity index (χ3v) is 10.7. The van der Waals surface area contributed by atoms with Crippen molar-refractivity contribution in [3.8, 4) is 0 Å². The van der Waals surface area contributed by atoms with Gasteiger partial charge >= 0.3 is 0 Å². The van der Waals surface area contributed by atoms with Gasteiger partial charge in [-0.1, -0.05) is 56.9 Å². The number of aromatic amines is 1. The molecule has 3 heterocycles. The van der Waals surface area contributed by atoms with Crippen LogP contribution in [0, 0.1) is 35.0 Å². The summed E-state index contributed by atoms with van der Waals surface area (Å²) < 4.78 is 11.9. The van der Waals surface area contributed by atoms with Crippen LogP contribution in [0.3, 0.4) is 0 Å². The van der Waals surface area contributed by atoms with Crippen LogP contribution in [0.2, 0.25) is 0 Å². The van der Waals surface area contributed by atoms with Crippen molar-refractivity contribution in [3.05, 3.63) is 72.2 Å². The highest BCUT2D eigenvalue weighted by Gasteiger charge is 2.78. The molecule has 3 N–H and O–H groups in total. The van der Waals surface area contributed by atoms with Crippen molar-refractivity contribution < 1.29 is 24.2 Å². The van der Waals surface area contributed by atoms with Crippen molar-refractivity contribution in [1.29, 1.82) is 0 Å². The van der Waals surface area contributed by atoms with Gasteiger partial charge < -0.3 is 24.9 Å². The van der Waals surface area contributed by atoms with E-state index in [9.17, 15) is 14.7 Å². The number of ether oxygens (including phenoxy) is 2. The van der Waals surface area contributed by atoms with Crippen molar-refractivity contribution in [3.63, 3.8) is 0 Å². The molecule has 2 aromatic rings. The van der Waals surface area contributed by atoms with Crippen molar-refractivity contribution in [2.45, 2.75) is 70.8 Å². The summed E-state index contributed by atoms with van der Waals surface area (Å²) in [6, 6.07) is 7.90. The lowest BCUT2D eigenvalue weighted by Crippen LogP contribution is -2.58. The molecule has 1 saturated carbocycles. The molecule has 6 rings (SSSR count). The van der Waals surface area contributed by atoms with E-state index < -0.39 is 29.0 Å². The standard InChI is InChI=1S/C34H42N2O5/c1-18-10-9-12-25-31-33(5,41-31)20(3)29-27(15-22-17-35-26-13-8-7-11-23(22)26)36-32(39)34(25,29)28(37)16-24(21(4)40-6)30(38)19(2)14-18/h7-9,11-14,17-18,20,24-25,27,29-31,35,38H,4,10,15-16H2,1-3,5-6H3,(H,36,39)/b12-9-,19-14-/t18-,20-,24-,25-,27-,29-,30+,31-,33+,34+/m0/s1. The number of carbonyl (C=O) groups excluding carboxylic acids is 2. The number of allylic oxidation sites excluding steroid dienone is 2. The van der Waals surface area contributed by atoms with Crippen LogP contribution in [0.15, 0.2) is 66.6 Å². The minimum atomic E-state index is -1.32. The molecule has 2 saturated heterocycles. The van der Waals surface area contributed by atoms with Crippen LogP contribution in [0.1, 0.15) is 46.1 Å². The number of hydrogen-bond acceptors (Lipinski definition) is 5. The molecule has 4 aliphatic rings. The van der Waals surface area contributed by atoms with Crippen molar-refractivity contribution in [1.82, 2.24) is 10.3 Å². The van der Waals surface area contributed by atoms with Gasteiger partial charge in [0.25, 0.3) is 0 Å². The number of epoxide rings is 1. The molecule has 7 heteroatoms. The lowest BCUT2D eigenvalue weighted by molar-refractivity contribution is -0.149. The largest absolute Gasteiger partial charge is 0.501 e. The summed E-state index contributed by atoms with van der Waals surface area (Å²) in [6.45, 7) is 12.3. The Hall–Kier alpha value is -3.16. The maximum absolute atomic E-state index is 14.8. The van der Waals surface area contributed by atoms with E-state index in [-0.39, 0.29) is 48.0 Å². The first-order chi connectivity index (χ1) is 19.5. The number of aliphatic hydroxyl groups excluding tert-OH is 1. The topological polar surface area (TPSA) is 104 Å². The molecular formula is C34H42N2O5. The summed E-state index contributed by atoms with van der Waals surface area (Å²) in [5.41, 5.74) is 1.20. The summed E-state index contributed by atoms with van der Waals surface area (Å²) in [6.07, 6.45) is 8.36. The number of amides is 1. The number of rotatable bonds is 4. The number of H-pyrrole nitrogens is 1. The predicted molar refractivity (Wildman–Crippen MR) is 158 cm³/mol. The van der Waals surface area contributed by atoms with E-state index in [2.05, 4.69) is 61.9 Å². The summed E-state index contributed by atoms with van der Waals surface area (Å²) in [5.74, 6) is -1.31. The van der Waals surface area contributed by atoms with Crippen LogP contribution < -0.4 is 5.32 Å². The maximum Gasteiger partial charge on any atom is 0.235 e. The highest BCUT2D eigenvalue weighted by Crippen LogP contribution is 2.66. The Labute approximate surface area is 242 Å². The second-order valence-corrected chi connectivity index (χ2v) is 13.0. The highest BCUT2D eigenvalue weighted by molar-refractivity contribution is 6.09. The lowest BCUT2D eigenvalue weighted by atomic mass is 9.51. The fourth-order valence-electron chi connectivity index (χ4n) is 8.35. The van der Waals surface area contributed by atoms with Crippen LogP contribution in [0.5, 0.6) is 0 Å². The minimum absolute atomic E-state index is 0.0438. The van der Waals surface area contributed by atoms with E-state index in [1.165, 1.54) is 7.11 Å². The number of ketones is 1. The van der Waals surface area contributed by atoms with Gasteiger partial charge in [-0.05, 0) is 55.7 Å². The van der Waals surface area contributed by atoms with Crippen molar-refractivity contribution in [2.75, 3.05) is 7.11 Å². The van der Waals surface area contributed by atoms with Gasteiger partial charge in [0.1, 0.15) is 11.2 Å². The van der Waals surface area contributed by atoms with Crippen molar-refractivity contribution >= 4 is 22.6 Å². The second-order valence-electron chi connectivity index (χ2n) is 13.0. The zero-order valence-corrected chi connectivity index (χ0v) is 24.6. The molecule has 10 atom stereocenters. The number of benzene rings is 1. The van der Waals surface area contributed by atoms with Gasteiger partial charge in [0, 0.05) is 41.4 Å². The third-order valence-electron chi connectivity index (χ3n) is 10.7. The van der Waals surface area contributed by atoms with Crippen LogP contribution >= 0.6 is 0 Å². The molecule has 1 aromatic carbocycles. The first-order valence-corrected chi connectivity index (χ1v) is 14.9. The fraction of sp³-hybridized carbons (Fsp3) is 0.529. The van der Waals surface area contributed by atoms with E-state index in [1.54, 1.807) is 0 Å². The number of Topliss-reactive ketones (excluding diaryl/α,β-unsaturated/α-hetero) is 1. The molecule has 41 heavy (non-hydrogen) atoms. The minimum Gasteiger partial charge on any atom is -0.501 e. The Morgan fingerprint density at radius 3 is 2.76 bits per heavy atom. The predicted octanol–water partition coefficient (Wildman–Crippen LogP) is 4.87. The molecule has 0 radical (unpaired) electrons. The molecule has 1 aromatic heterocycles. The number of hydrogen-bond donors (Lipinski definition) is 3. The molecule has 218 valence electrons. The molecule has 0 unspecified atom stereocenters. The van der Waals surface area contributed by atoms with E-state index in [0.29, 0.717) is 12.2 Å². The summed E-state index contributed by atoms with van der Waals surface area (Å²) in [5, 5.41) is 15.9. The monoisotopic (exact) mass is 558 g/mol. The number of carbonyl (C=O) groups is 2. The molecule has 0 bridgehead atoms. The molecular weight excluding hydrogens is 516 g/mol. The van der Waals surface area contributed by atoms with Crippen molar-refractivity contribution in [2.24, 2.45) is 35.0 Å². The van der Waals surface area contributed by atoms with Gasteiger partial charge in [-0.25, -0.2) is 0 Å². The molecule has 2 aliphatic carbocycles. The van der Waals surface area contributed by atoms with Gasteiger partial charge in [-0.15, -0.1) is 0 Å². The van der Waals surface area contributed by atoms with Gasteiger partial charge in [0.2, 0.25) is 5.91 Å². The second kappa shape index (κ2) is 9.99. The molecule has 1 spiro atoms. The number of nitrogens with one attached hydrogen (secondary N) is 2. The molecule has 7 nitrogen and oxygen atoms in total. The normalized spacial score (nSPS) is 42.4. The van der Waals surface area contributed by atoms with Crippen LogP contribution in [-0.2, 0) is 25.5 Å². The SMILES string of the molecule is C=C(OC)[C@@H]1CC(=O)[C@@]23C(=O)N[C@@H](Cc4c[nH]c5ccccc45)[C@@H]2[C@H](C)[C@@]2(C)O[C@H]2[C@@H]3/C=C\C[C@H](C)/C=C(/C)[C@H]1O. The Morgan fingerprint density at radius 2 is 2.00 bits per heavy atom. The summed E-state index contributed by atoms with van der Waals surface area (Å²) in [7, 11) is 1.51. The molecule has 2 aliphatic heterocycles. The van der Waals surface area contributed by atoms with E-state index in [4.69, 9.17) is 9.47 Å². The quantitative estimate of drug-likeness (QED) is 0.215. The highest BCUT2D eigenvalue weighted by atomic mass is 16.6. The van der Waals surface area contributed by atoms with Gasteiger partial charge in [-0.3, -0.25) is 9.59 Å². The number of para-hydroxylation sites is 1. The Bertz CT molecular complexity index is 1460. The van der Waals surface area contributed by atoms with E-state index in [1.807, 2.05) is 31.3 Å². The Morgan fingerprint density at radius 1 is 1.24 bits per heavy atom. The Kier molecular flexibility index (Phi) is 6.82. The third kappa shape index (κ3) is 4.15. The average Bonchev–Trinajstić information content (AvgIpc) is 3.35. The fourth-order valence-corrected chi connectivity index (χ4v) is 8.35. The average molecular weight is 559 g/mol. The number of fused-ring (bicyclic) bond motifs is 3. The first-order valence-electron chi connectivity index (χ1n) is 14.9. The first kappa shape index (κ1) is 28.0. The van der Waals surface area contributed by atoms with E-state index >= 15 is 0 Å². The van der Waals surface area contributed by atoms with Gasteiger partial charge in [-0.2, -0.15) is 0 Å². The summed E-state index contributed by atoms with van der Waals surface area (Å²) >= 11 is 0. The summed E-state index contributed by atoms with van der Waals surface area (Å²) in [4.78, 5) is 32.6. The molecule has 3 fully saturated rings. The van der Waals surface area contributed by atoms with Gasteiger partial charge in [0.15, 0.2) is 0 Å². The van der Waals surface area contributed by atoms with E-state index in [0.717, 1.165) is 28.5 Å². The molecule has 1 amide bonds. The number of aliphatic hydroxyl groups is 1. The Balaban J connectivity index is 1.48. The van der Waals surface area contributed by atoms with Crippen LogP contribution in [0.25, 0.3) is 10.9 Å². The zero-order chi connectivity index (χ0) is 29.3. The zero-order valence-electron chi connectivity index (χ0n) is 24.6. The maximum atomic E-state index is 14.8. The lowest BCUT2D eigenvalue weighted by Gasteiger charge is -2.46. The van der Waals surface area contributed by atoms with Crippen LogP contribution in [0.4, 0.5) is 0 Å². The van der Waals surface area contributed by atoms with Crippen LogP contribution in [-0.4, -0.2) is 52.7 Å². The number of aromatic nitrogens is 1.